The summed E-state index contributed by atoms with van der Waals surface area (Å²) in [6, 6.07) is 7.03. The molecule has 2 aliphatic rings. The second-order valence-electron chi connectivity index (χ2n) is 6.94. The smallest absolute Gasteiger partial charge is 0.315 e. The Labute approximate surface area is 148 Å². The van der Waals surface area contributed by atoms with Crippen LogP contribution in [-0.2, 0) is 4.79 Å². The van der Waals surface area contributed by atoms with E-state index < -0.39 is 6.04 Å². The van der Waals surface area contributed by atoms with Gasteiger partial charge in [0.1, 0.15) is 11.8 Å². The molecule has 0 unspecified atom stereocenters. The van der Waals surface area contributed by atoms with Crippen molar-refractivity contribution in [2.24, 2.45) is 0 Å². The Kier molecular flexibility index (Phi) is 5.46. The molecule has 0 saturated carbocycles. The third kappa shape index (κ3) is 4.06. The van der Waals surface area contributed by atoms with Gasteiger partial charge in [-0.15, -0.1) is 0 Å². The van der Waals surface area contributed by atoms with Crippen LogP contribution in [0.15, 0.2) is 24.3 Å². The van der Waals surface area contributed by atoms with Crippen LogP contribution >= 0.6 is 0 Å². The van der Waals surface area contributed by atoms with E-state index in [1.54, 1.807) is 6.92 Å². The number of hydrogen-bond acceptors (Lipinski definition) is 3. The molecule has 6 nitrogen and oxygen atoms in total. The first-order valence-electron chi connectivity index (χ1n) is 9.15. The summed E-state index contributed by atoms with van der Waals surface area (Å²) < 4.78 is 5.61. The van der Waals surface area contributed by atoms with Crippen LogP contribution in [0.4, 0.5) is 4.79 Å². The third-order valence-corrected chi connectivity index (χ3v) is 5.07. The number of ether oxygens (including phenoxy) is 1. The van der Waals surface area contributed by atoms with E-state index in [-0.39, 0.29) is 24.0 Å². The molecule has 0 aromatic heterocycles. The molecule has 1 aromatic rings. The Morgan fingerprint density at radius 3 is 2.84 bits per heavy atom. The van der Waals surface area contributed by atoms with Gasteiger partial charge in [0, 0.05) is 24.6 Å². The van der Waals surface area contributed by atoms with Crippen LogP contribution < -0.4 is 15.4 Å². The van der Waals surface area contributed by atoms with Crippen molar-refractivity contribution >= 4 is 11.9 Å². The van der Waals surface area contributed by atoms with Gasteiger partial charge in [-0.2, -0.15) is 0 Å². The van der Waals surface area contributed by atoms with Crippen LogP contribution in [0.2, 0.25) is 0 Å². The molecule has 2 heterocycles. The summed E-state index contributed by atoms with van der Waals surface area (Å²) in [5.41, 5.74) is 0.979. The average Bonchev–Trinajstić information content (AvgIpc) is 2.62. The lowest BCUT2D eigenvalue weighted by Gasteiger charge is -2.35. The number of carbonyl (C=O) groups excluding carboxylic acids is 2. The molecule has 1 saturated heterocycles. The minimum absolute atomic E-state index is 0.00488. The maximum absolute atomic E-state index is 12.6. The third-order valence-electron chi connectivity index (χ3n) is 5.07. The standard InChI is InChI=1S/C19H27N3O3/c1-13-7-5-6-11-22(13)18(23)14(2)20-19(24)21-16-10-12-25-17-9-4-3-8-15(16)17/h3-4,8-9,13-14,16H,5-7,10-12H2,1-2H3,(H2,20,21,24)/t13-,14-,16+/m0/s1. The number of amides is 3. The van der Waals surface area contributed by atoms with Crippen LogP contribution in [0, 0.1) is 0 Å². The SMILES string of the molecule is C[C@H](NC(=O)N[C@@H]1CCOc2ccccc21)C(=O)N1CCCC[C@@H]1C. The van der Waals surface area contributed by atoms with E-state index in [9.17, 15) is 9.59 Å². The lowest BCUT2D eigenvalue weighted by molar-refractivity contribution is -0.136. The molecule has 1 aromatic carbocycles. The van der Waals surface area contributed by atoms with Gasteiger partial charge in [-0.25, -0.2) is 4.79 Å². The van der Waals surface area contributed by atoms with Crippen LogP contribution in [0.5, 0.6) is 5.75 Å². The number of rotatable bonds is 3. The minimum atomic E-state index is -0.532. The molecular formula is C19H27N3O3. The number of benzene rings is 1. The van der Waals surface area contributed by atoms with Crippen molar-refractivity contribution in [2.45, 2.75) is 57.7 Å². The summed E-state index contributed by atoms with van der Waals surface area (Å²) in [5.74, 6) is 0.806. The molecule has 25 heavy (non-hydrogen) atoms. The van der Waals surface area contributed by atoms with Gasteiger partial charge in [-0.1, -0.05) is 18.2 Å². The van der Waals surface area contributed by atoms with Gasteiger partial charge in [0.2, 0.25) is 5.91 Å². The maximum Gasteiger partial charge on any atom is 0.315 e. The predicted molar refractivity (Wildman–Crippen MR) is 95.5 cm³/mol. The fraction of sp³-hybridized carbons (Fsp3) is 0.579. The second kappa shape index (κ2) is 7.76. The number of urea groups is 1. The van der Waals surface area contributed by atoms with Crippen molar-refractivity contribution < 1.29 is 14.3 Å². The molecule has 0 radical (unpaired) electrons. The normalized spacial score (nSPS) is 23.8. The van der Waals surface area contributed by atoms with E-state index >= 15 is 0 Å². The summed E-state index contributed by atoms with van der Waals surface area (Å²) in [6.07, 6.45) is 3.95. The zero-order chi connectivity index (χ0) is 17.8. The summed E-state index contributed by atoms with van der Waals surface area (Å²) in [6.45, 7) is 5.17. The molecule has 0 bridgehead atoms. The first kappa shape index (κ1) is 17.6. The van der Waals surface area contributed by atoms with Gasteiger partial charge in [-0.3, -0.25) is 4.79 Å². The van der Waals surface area contributed by atoms with Gasteiger partial charge in [0.25, 0.3) is 0 Å². The average molecular weight is 345 g/mol. The molecule has 3 atom stereocenters. The van der Waals surface area contributed by atoms with Crippen LogP contribution in [0.3, 0.4) is 0 Å². The Morgan fingerprint density at radius 1 is 1.24 bits per heavy atom. The predicted octanol–water partition coefficient (Wildman–Crippen LogP) is 2.60. The first-order chi connectivity index (χ1) is 12.1. The second-order valence-corrected chi connectivity index (χ2v) is 6.94. The maximum atomic E-state index is 12.6. The summed E-state index contributed by atoms with van der Waals surface area (Å²) in [7, 11) is 0. The van der Waals surface area contributed by atoms with E-state index in [1.165, 1.54) is 0 Å². The minimum Gasteiger partial charge on any atom is -0.493 e. The van der Waals surface area contributed by atoms with Crippen molar-refractivity contribution in [3.05, 3.63) is 29.8 Å². The Hall–Kier alpha value is -2.24. The largest absolute Gasteiger partial charge is 0.493 e. The number of hydrogen-bond donors (Lipinski definition) is 2. The highest BCUT2D eigenvalue weighted by molar-refractivity contribution is 5.87. The summed E-state index contributed by atoms with van der Waals surface area (Å²) in [5, 5.41) is 5.77. The van der Waals surface area contributed by atoms with Crippen molar-refractivity contribution in [1.82, 2.24) is 15.5 Å². The number of fused-ring (bicyclic) bond motifs is 1. The molecule has 6 heteroatoms. The van der Waals surface area contributed by atoms with Gasteiger partial charge < -0.3 is 20.3 Å². The number of carbonyl (C=O) groups is 2. The van der Waals surface area contributed by atoms with Crippen LogP contribution in [0.1, 0.15) is 51.1 Å². The monoisotopic (exact) mass is 345 g/mol. The van der Waals surface area contributed by atoms with Gasteiger partial charge in [-0.05, 0) is 39.2 Å². The van der Waals surface area contributed by atoms with E-state index in [0.717, 1.165) is 43.5 Å². The molecule has 0 aliphatic carbocycles. The highest BCUT2D eigenvalue weighted by Gasteiger charge is 2.29. The van der Waals surface area contributed by atoms with E-state index in [0.29, 0.717) is 6.61 Å². The highest BCUT2D eigenvalue weighted by Crippen LogP contribution is 2.31. The zero-order valence-electron chi connectivity index (χ0n) is 15.0. The summed E-state index contributed by atoms with van der Waals surface area (Å²) in [4.78, 5) is 26.9. The first-order valence-corrected chi connectivity index (χ1v) is 9.15. The lowest BCUT2D eigenvalue weighted by atomic mass is 10.0. The molecule has 3 amide bonds. The molecule has 2 aliphatic heterocycles. The number of nitrogens with zero attached hydrogens (tertiary/aromatic N) is 1. The highest BCUT2D eigenvalue weighted by atomic mass is 16.5. The van der Waals surface area contributed by atoms with Crippen LogP contribution in [-0.4, -0.2) is 42.1 Å². The number of piperidine rings is 1. The Balaban J connectivity index is 1.56. The van der Waals surface area contributed by atoms with Gasteiger partial charge in [0.05, 0.1) is 12.6 Å². The Bertz CT molecular complexity index is 634. The van der Waals surface area contributed by atoms with Crippen molar-refractivity contribution in [2.75, 3.05) is 13.2 Å². The van der Waals surface area contributed by atoms with Crippen LogP contribution in [0.25, 0.3) is 0 Å². The van der Waals surface area contributed by atoms with E-state index in [2.05, 4.69) is 17.6 Å². The molecule has 136 valence electrons. The van der Waals surface area contributed by atoms with Crippen molar-refractivity contribution in [3.63, 3.8) is 0 Å². The lowest BCUT2D eigenvalue weighted by Crippen LogP contribution is -2.53. The van der Waals surface area contributed by atoms with E-state index in [4.69, 9.17) is 4.74 Å². The van der Waals surface area contributed by atoms with Crippen molar-refractivity contribution in [1.29, 1.82) is 0 Å². The molecule has 0 spiro atoms. The zero-order valence-corrected chi connectivity index (χ0v) is 15.0. The van der Waals surface area contributed by atoms with Gasteiger partial charge in [0.15, 0.2) is 0 Å². The number of nitrogens with one attached hydrogen (secondary N) is 2. The topological polar surface area (TPSA) is 70.7 Å². The fourth-order valence-corrected chi connectivity index (χ4v) is 3.62. The summed E-state index contributed by atoms with van der Waals surface area (Å²) >= 11 is 0. The Morgan fingerprint density at radius 2 is 2.04 bits per heavy atom. The van der Waals surface area contributed by atoms with E-state index in [1.807, 2.05) is 29.2 Å². The number of para-hydroxylation sites is 1. The van der Waals surface area contributed by atoms with Gasteiger partial charge >= 0.3 is 6.03 Å². The quantitative estimate of drug-likeness (QED) is 0.885. The molecule has 3 rings (SSSR count). The fourth-order valence-electron chi connectivity index (χ4n) is 3.62. The molecule has 2 N–H and O–H groups in total. The number of likely N-dealkylation sites (tertiary alicyclic amines) is 1. The molecular weight excluding hydrogens is 318 g/mol. The van der Waals surface area contributed by atoms with Crippen molar-refractivity contribution in [3.8, 4) is 5.75 Å². The molecule has 1 fully saturated rings.